The van der Waals surface area contributed by atoms with E-state index in [1.54, 1.807) is 14.1 Å². The quantitative estimate of drug-likeness (QED) is 0.691. The lowest BCUT2D eigenvalue weighted by Crippen LogP contribution is -2.39. The summed E-state index contributed by atoms with van der Waals surface area (Å²) in [6, 6.07) is 0. The summed E-state index contributed by atoms with van der Waals surface area (Å²) in [6.45, 7) is 0.103. The van der Waals surface area contributed by atoms with E-state index >= 15 is 0 Å². The fourth-order valence-electron chi connectivity index (χ4n) is 1.50. The summed E-state index contributed by atoms with van der Waals surface area (Å²) in [5.41, 5.74) is 0. The van der Waals surface area contributed by atoms with Crippen molar-refractivity contribution in [2.45, 2.75) is 19.3 Å². The highest BCUT2D eigenvalue weighted by Gasteiger charge is 2.19. The zero-order valence-electron chi connectivity index (χ0n) is 9.32. The molecule has 1 rings (SSSR count). The topological polar surface area (TPSA) is 49.4 Å². The molecular formula is C11H18N2O2. The van der Waals surface area contributed by atoms with E-state index in [9.17, 15) is 9.59 Å². The third-order valence-electron chi connectivity index (χ3n) is 2.55. The zero-order chi connectivity index (χ0) is 11.3. The predicted octanol–water partition coefficient (Wildman–Crippen LogP) is 0.547. The summed E-state index contributed by atoms with van der Waals surface area (Å²) < 4.78 is 0. The normalized spacial score (nSPS) is 19.7. The molecule has 1 N–H and O–H groups in total. The summed E-state index contributed by atoms with van der Waals surface area (Å²) in [5.74, 6) is -0.0331. The first-order valence-electron chi connectivity index (χ1n) is 5.24. The van der Waals surface area contributed by atoms with E-state index < -0.39 is 0 Å². The minimum atomic E-state index is -0.0744. The van der Waals surface area contributed by atoms with Gasteiger partial charge in [0.2, 0.25) is 11.8 Å². The molecule has 0 aromatic carbocycles. The number of rotatable bonds is 3. The average Bonchev–Trinajstić information content (AvgIpc) is 2.26. The van der Waals surface area contributed by atoms with Crippen LogP contribution < -0.4 is 5.32 Å². The van der Waals surface area contributed by atoms with Gasteiger partial charge in [-0.05, 0) is 19.3 Å². The number of hydrogen-bond acceptors (Lipinski definition) is 2. The second-order valence-electron chi connectivity index (χ2n) is 3.99. The fourth-order valence-corrected chi connectivity index (χ4v) is 1.50. The van der Waals surface area contributed by atoms with Crippen LogP contribution in [0.2, 0.25) is 0 Å². The SMILES string of the molecule is CN(C)C(=O)CNC(=O)[C@H]1CC=CCC1. The molecule has 0 bridgehead atoms. The van der Waals surface area contributed by atoms with Gasteiger partial charge in [0.1, 0.15) is 0 Å². The number of carbonyl (C=O) groups excluding carboxylic acids is 2. The lowest BCUT2D eigenvalue weighted by atomic mass is 9.94. The van der Waals surface area contributed by atoms with Crippen molar-refractivity contribution in [2.75, 3.05) is 20.6 Å². The first kappa shape index (κ1) is 11.8. The van der Waals surface area contributed by atoms with E-state index in [4.69, 9.17) is 0 Å². The number of likely N-dealkylation sites (N-methyl/N-ethyl adjacent to an activating group) is 1. The van der Waals surface area contributed by atoms with Gasteiger partial charge in [0.05, 0.1) is 6.54 Å². The van der Waals surface area contributed by atoms with Gasteiger partial charge in [0, 0.05) is 20.0 Å². The summed E-state index contributed by atoms with van der Waals surface area (Å²) >= 11 is 0. The Bertz CT molecular complexity index is 272. The highest BCUT2D eigenvalue weighted by atomic mass is 16.2. The van der Waals surface area contributed by atoms with E-state index in [2.05, 4.69) is 11.4 Å². The molecule has 0 aliphatic heterocycles. The maximum absolute atomic E-state index is 11.6. The second-order valence-corrected chi connectivity index (χ2v) is 3.99. The molecule has 1 aliphatic carbocycles. The van der Waals surface area contributed by atoms with E-state index in [-0.39, 0.29) is 24.3 Å². The van der Waals surface area contributed by atoms with Gasteiger partial charge in [-0.25, -0.2) is 0 Å². The Balaban J connectivity index is 2.29. The number of allylic oxidation sites excluding steroid dienone is 2. The molecule has 0 heterocycles. The smallest absolute Gasteiger partial charge is 0.241 e. The standard InChI is InChI=1S/C11H18N2O2/c1-13(2)10(14)8-12-11(15)9-6-4-3-5-7-9/h3-4,9H,5-8H2,1-2H3,(H,12,15)/t9-/m0/s1. The summed E-state index contributed by atoms with van der Waals surface area (Å²) in [5, 5.41) is 2.67. The summed E-state index contributed by atoms with van der Waals surface area (Å²) in [7, 11) is 3.36. The summed E-state index contributed by atoms with van der Waals surface area (Å²) in [4.78, 5) is 24.3. The van der Waals surface area contributed by atoms with Crippen LogP contribution in [-0.2, 0) is 9.59 Å². The fraction of sp³-hybridized carbons (Fsp3) is 0.636. The van der Waals surface area contributed by atoms with Crippen LogP contribution in [-0.4, -0.2) is 37.4 Å². The van der Waals surface area contributed by atoms with Gasteiger partial charge < -0.3 is 10.2 Å². The van der Waals surface area contributed by atoms with Gasteiger partial charge in [-0.2, -0.15) is 0 Å². The summed E-state index contributed by atoms with van der Waals surface area (Å²) in [6.07, 6.45) is 6.76. The average molecular weight is 210 g/mol. The Kier molecular flexibility index (Phi) is 4.34. The van der Waals surface area contributed by atoms with Crippen LogP contribution in [0, 0.1) is 5.92 Å². The third kappa shape index (κ3) is 3.73. The monoisotopic (exact) mass is 210 g/mol. The van der Waals surface area contributed by atoms with Crippen LogP contribution in [0.25, 0.3) is 0 Å². The van der Waals surface area contributed by atoms with Crippen molar-refractivity contribution in [1.82, 2.24) is 10.2 Å². The minimum absolute atomic E-state index is 0.00505. The van der Waals surface area contributed by atoms with Gasteiger partial charge in [-0.3, -0.25) is 9.59 Å². The van der Waals surface area contributed by atoms with E-state index in [1.807, 2.05) is 6.08 Å². The first-order valence-corrected chi connectivity index (χ1v) is 5.24. The van der Waals surface area contributed by atoms with Gasteiger partial charge in [-0.1, -0.05) is 12.2 Å². The highest BCUT2D eigenvalue weighted by Crippen LogP contribution is 2.17. The maximum atomic E-state index is 11.6. The van der Waals surface area contributed by atoms with Crippen molar-refractivity contribution in [2.24, 2.45) is 5.92 Å². The molecule has 84 valence electrons. The molecule has 0 aromatic heterocycles. The van der Waals surface area contributed by atoms with Gasteiger partial charge in [0.15, 0.2) is 0 Å². The lowest BCUT2D eigenvalue weighted by molar-refractivity contribution is -0.132. The molecule has 2 amide bonds. The van der Waals surface area contributed by atoms with Crippen LogP contribution in [0.3, 0.4) is 0 Å². The van der Waals surface area contributed by atoms with E-state index in [0.717, 1.165) is 19.3 Å². The van der Waals surface area contributed by atoms with Crippen LogP contribution in [0.15, 0.2) is 12.2 Å². The Labute approximate surface area is 90.3 Å². The van der Waals surface area contributed by atoms with Gasteiger partial charge in [0.25, 0.3) is 0 Å². The van der Waals surface area contributed by atoms with E-state index in [1.165, 1.54) is 4.90 Å². The highest BCUT2D eigenvalue weighted by molar-refractivity contribution is 5.85. The molecule has 0 aromatic rings. The Morgan fingerprint density at radius 2 is 2.13 bits per heavy atom. The van der Waals surface area contributed by atoms with Crippen LogP contribution in [0.1, 0.15) is 19.3 Å². The molecule has 0 saturated heterocycles. The number of nitrogens with zero attached hydrogens (tertiary/aromatic N) is 1. The molecule has 15 heavy (non-hydrogen) atoms. The van der Waals surface area contributed by atoms with Gasteiger partial charge >= 0.3 is 0 Å². The minimum Gasteiger partial charge on any atom is -0.347 e. The second kappa shape index (κ2) is 5.53. The molecule has 4 heteroatoms. The largest absolute Gasteiger partial charge is 0.347 e. The molecular weight excluding hydrogens is 192 g/mol. The molecule has 0 saturated carbocycles. The van der Waals surface area contributed by atoms with Crippen molar-refractivity contribution in [3.63, 3.8) is 0 Å². The number of hydrogen-bond donors (Lipinski definition) is 1. The van der Waals surface area contributed by atoms with Crippen molar-refractivity contribution in [3.8, 4) is 0 Å². The molecule has 4 nitrogen and oxygen atoms in total. The van der Waals surface area contributed by atoms with E-state index in [0.29, 0.717) is 0 Å². The molecule has 0 spiro atoms. The first-order chi connectivity index (χ1) is 7.11. The van der Waals surface area contributed by atoms with Crippen LogP contribution in [0.5, 0.6) is 0 Å². The number of nitrogens with one attached hydrogen (secondary N) is 1. The van der Waals surface area contributed by atoms with Crippen LogP contribution in [0.4, 0.5) is 0 Å². The predicted molar refractivity (Wildman–Crippen MR) is 58.2 cm³/mol. The van der Waals surface area contributed by atoms with Crippen molar-refractivity contribution >= 4 is 11.8 Å². The Hall–Kier alpha value is -1.32. The Morgan fingerprint density at radius 1 is 1.40 bits per heavy atom. The molecule has 0 fully saturated rings. The molecule has 0 unspecified atom stereocenters. The van der Waals surface area contributed by atoms with Crippen molar-refractivity contribution in [1.29, 1.82) is 0 Å². The van der Waals surface area contributed by atoms with Crippen LogP contribution >= 0.6 is 0 Å². The maximum Gasteiger partial charge on any atom is 0.241 e. The molecule has 1 aliphatic rings. The molecule has 0 radical (unpaired) electrons. The lowest BCUT2D eigenvalue weighted by Gasteiger charge is -2.18. The van der Waals surface area contributed by atoms with Gasteiger partial charge in [-0.15, -0.1) is 0 Å². The number of amides is 2. The van der Waals surface area contributed by atoms with Crippen molar-refractivity contribution in [3.05, 3.63) is 12.2 Å². The molecule has 1 atom stereocenters. The number of carbonyl (C=O) groups is 2. The zero-order valence-corrected chi connectivity index (χ0v) is 9.32. The third-order valence-corrected chi connectivity index (χ3v) is 2.55. The Morgan fingerprint density at radius 3 is 2.67 bits per heavy atom. The van der Waals surface area contributed by atoms with Crippen molar-refractivity contribution < 1.29 is 9.59 Å².